The first kappa shape index (κ1) is 11.8. The summed E-state index contributed by atoms with van der Waals surface area (Å²) >= 11 is 0. The normalized spacial score (nSPS) is 16.1. The number of carbonyl (C=O) groups is 1. The highest BCUT2D eigenvalue weighted by Crippen LogP contribution is 2.25. The summed E-state index contributed by atoms with van der Waals surface area (Å²) in [7, 11) is 0. The number of piperazine rings is 1. The average Bonchev–Trinajstić information content (AvgIpc) is 2.29. The van der Waals surface area contributed by atoms with Crippen LogP contribution in [0.25, 0.3) is 0 Å². The van der Waals surface area contributed by atoms with Gasteiger partial charge in [0.25, 0.3) is 0 Å². The Balaban J connectivity index is 2.08. The molecule has 1 fully saturated rings. The SMILES string of the molecule is CC(=O)N1CCN(c2ccc(C)cc2N)CC1. The molecular formula is C13H19N3O. The predicted molar refractivity (Wildman–Crippen MR) is 70.1 cm³/mol. The Morgan fingerprint density at radius 3 is 2.41 bits per heavy atom. The molecule has 92 valence electrons. The average molecular weight is 233 g/mol. The highest BCUT2D eigenvalue weighted by atomic mass is 16.2. The van der Waals surface area contributed by atoms with Gasteiger partial charge in [-0.2, -0.15) is 0 Å². The number of rotatable bonds is 1. The number of benzene rings is 1. The molecule has 1 aliphatic heterocycles. The maximum Gasteiger partial charge on any atom is 0.219 e. The van der Waals surface area contributed by atoms with Gasteiger partial charge in [0.05, 0.1) is 11.4 Å². The molecule has 1 aromatic carbocycles. The minimum Gasteiger partial charge on any atom is -0.397 e. The van der Waals surface area contributed by atoms with Gasteiger partial charge in [0.15, 0.2) is 0 Å². The van der Waals surface area contributed by atoms with E-state index in [0.717, 1.165) is 37.6 Å². The van der Waals surface area contributed by atoms with Crippen molar-refractivity contribution in [3.63, 3.8) is 0 Å². The summed E-state index contributed by atoms with van der Waals surface area (Å²) in [4.78, 5) is 15.4. The third-order valence-electron chi connectivity index (χ3n) is 3.25. The van der Waals surface area contributed by atoms with Gasteiger partial charge in [-0.05, 0) is 24.6 Å². The van der Waals surface area contributed by atoms with E-state index in [-0.39, 0.29) is 5.91 Å². The van der Waals surface area contributed by atoms with Crippen LogP contribution in [-0.4, -0.2) is 37.0 Å². The third-order valence-corrected chi connectivity index (χ3v) is 3.25. The van der Waals surface area contributed by atoms with Crippen molar-refractivity contribution in [3.05, 3.63) is 23.8 Å². The van der Waals surface area contributed by atoms with Gasteiger partial charge in [0.2, 0.25) is 5.91 Å². The summed E-state index contributed by atoms with van der Waals surface area (Å²) in [5.74, 6) is 0.154. The number of nitrogen functional groups attached to an aromatic ring is 1. The van der Waals surface area contributed by atoms with E-state index in [1.807, 2.05) is 17.9 Å². The fourth-order valence-electron chi connectivity index (χ4n) is 2.22. The van der Waals surface area contributed by atoms with Crippen molar-refractivity contribution in [3.8, 4) is 0 Å². The van der Waals surface area contributed by atoms with Gasteiger partial charge in [0, 0.05) is 33.1 Å². The number of anilines is 2. The second kappa shape index (κ2) is 4.65. The molecule has 0 bridgehead atoms. The summed E-state index contributed by atoms with van der Waals surface area (Å²) in [6.07, 6.45) is 0. The van der Waals surface area contributed by atoms with E-state index in [1.54, 1.807) is 6.92 Å². The second-order valence-corrected chi connectivity index (χ2v) is 4.56. The van der Waals surface area contributed by atoms with Crippen LogP contribution in [0.3, 0.4) is 0 Å². The van der Waals surface area contributed by atoms with Crippen molar-refractivity contribution in [1.82, 2.24) is 4.90 Å². The molecule has 1 saturated heterocycles. The Kier molecular flexibility index (Phi) is 3.22. The van der Waals surface area contributed by atoms with Crippen LogP contribution in [-0.2, 0) is 4.79 Å². The smallest absolute Gasteiger partial charge is 0.219 e. The maximum absolute atomic E-state index is 11.2. The van der Waals surface area contributed by atoms with Crippen LogP contribution in [0.2, 0.25) is 0 Å². The molecule has 17 heavy (non-hydrogen) atoms. The van der Waals surface area contributed by atoms with E-state index in [0.29, 0.717) is 0 Å². The lowest BCUT2D eigenvalue weighted by Crippen LogP contribution is -2.48. The van der Waals surface area contributed by atoms with E-state index < -0.39 is 0 Å². The van der Waals surface area contributed by atoms with Crippen molar-refractivity contribution in [2.45, 2.75) is 13.8 Å². The Labute approximate surface area is 102 Å². The van der Waals surface area contributed by atoms with E-state index >= 15 is 0 Å². The van der Waals surface area contributed by atoms with Crippen LogP contribution in [0.15, 0.2) is 18.2 Å². The van der Waals surface area contributed by atoms with Gasteiger partial charge < -0.3 is 15.5 Å². The lowest BCUT2D eigenvalue weighted by Gasteiger charge is -2.36. The highest BCUT2D eigenvalue weighted by Gasteiger charge is 2.19. The maximum atomic E-state index is 11.2. The highest BCUT2D eigenvalue weighted by molar-refractivity contribution is 5.74. The molecule has 1 aliphatic rings. The zero-order chi connectivity index (χ0) is 12.4. The molecule has 1 aromatic rings. The molecule has 4 nitrogen and oxygen atoms in total. The summed E-state index contributed by atoms with van der Waals surface area (Å²) in [5, 5.41) is 0. The quantitative estimate of drug-likeness (QED) is 0.743. The fraction of sp³-hybridized carbons (Fsp3) is 0.462. The zero-order valence-corrected chi connectivity index (χ0v) is 10.4. The molecule has 2 N–H and O–H groups in total. The minimum atomic E-state index is 0.154. The van der Waals surface area contributed by atoms with E-state index in [2.05, 4.69) is 17.0 Å². The fourth-order valence-corrected chi connectivity index (χ4v) is 2.22. The zero-order valence-electron chi connectivity index (χ0n) is 10.4. The lowest BCUT2D eigenvalue weighted by molar-refractivity contribution is -0.129. The van der Waals surface area contributed by atoms with Crippen molar-refractivity contribution < 1.29 is 4.79 Å². The van der Waals surface area contributed by atoms with Gasteiger partial charge in [0.1, 0.15) is 0 Å². The van der Waals surface area contributed by atoms with Gasteiger partial charge >= 0.3 is 0 Å². The molecule has 0 aliphatic carbocycles. The van der Waals surface area contributed by atoms with E-state index in [9.17, 15) is 4.79 Å². The number of hydrogen-bond acceptors (Lipinski definition) is 3. The second-order valence-electron chi connectivity index (χ2n) is 4.56. The largest absolute Gasteiger partial charge is 0.397 e. The first-order valence-corrected chi connectivity index (χ1v) is 5.94. The Hall–Kier alpha value is -1.71. The monoisotopic (exact) mass is 233 g/mol. The van der Waals surface area contributed by atoms with E-state index in [4.69, 9.17) is 5.73 Å². The number of nitrogens with zero attached hydrogens (tertiary/aromatic N) is 2. The Bertz CT molecular complexity index is 423. The predicted octanol–water partition coefficient (Wildman–Crippen LogP) is 1.25. The first-order chi connectivity index (χ1) is 8.08. The van der Waals surface area contributed by atoms with Crippen LogP contribution in [0.5, 0.6) is 0 Å². The Morgan fingerprint density at radius 2 is 1.88 bits per heavy atom. The van der Waals surface area contributed by atoms with Crippen LogP contribution >= 0.6 is 0 Å². The number of nitrogens with two attached hydrogens (primary N) is 1. The summed E-state index contributed by atoms with van der Waals surface area (Å²) in [5.41, 5.74) is 9.10. The van der Waals surface area contributed by atoms with E-state index in [1.165, 1.54) is 5.56 Å². The standard InChI is InChI=1S/C13H19N3O/c1-10-3-4-13(12(14)9-10)16-7-5-15(6-8-16)11(2)17/h3-4,9H,5-8,14H2,1-2H3. The molecule has 1 amide bonds. The van der Waals surface area contributed by atoms with Gasteiger partial charge in [-0.1, -0.05) is 6.07 Å². The lowest BCUT2D eigenvalue weighted by atomic mass is 10.1. The van der Waals surface area contributed by atoms with Crippen LogP contribution < -0.4 is 10.6 Å². The third kappa shape index (κ3) is 2.52. The summed E-state index contributed by atoms with van der Waals surface area (Å²) < 4.78 is 0. The Morgan fingerprint density at radius 1 is 1.24 bits per heavy atom. The van der Waals surface area contributed by atoms with Crippen LogP contribution in [0.4, 0.5) is 11.4 Å². The van der Waals surface area contributed by atoms with Crippen LogP contribution in [0.1, 0.15) is 12.5 Å². The van der Waals surface area contributed by atoms with Crippen molar-refractivity contribution >= 4 is 17.3 Å². The first-order valence-electron chi connectivity index (χ1n) is 5.94. The molecule has 2 rings (SSSR count). The molecule has 0 atom stereocenters. The molecular weight excluding hydrogens is 214 g/mol. The van der Waals surface area contributed by atoms with Crippen molar-refractivity contribution in [1.29, 1.82) is 0 Å². The summed E-state index contributed by atoms with van der Waals surface area (Å²) in [6, 6.07) is 6.13. The van der Waals surface area contributed by atoms with Gasteiger partial charge in [-0.3, -0.25) is 4.79 Å². The molecule has 4 heteroatoms. The van der Waals surface area contributed by atoms with Gasteiger partial charge in [-0.25, -0.2) is 0 Å². The summed E-state index contributed by atoms with van der Waals surface area (Å²) in [6.45, 7) is 6.93. The van der Waals surface area contributed by atoms with Crippen molar-refractivity contribution in [2.75, 3.05) is 36.8 Å². The number of carbonyl (C=O) groups excluding carboxylic acids is 1. The topological polar surface area (TPSA) is 49.6 Å². The van der Waals surface area contributed by atoms with Crippen molar-refractivity contribution in [2.24, 2.45) is 0 Å². The molecule has 0 saturated carbocycles. The molecule has 0 aromatic heterocycles. The molecule has 0 radical (unpaired) electrons. The molecule has 1 heterocycles. The number of hydrogen-bond donors (Lipinski definition) is 1. The van der Waals surface area contributed by atoms with Gasteiger partial charge in [-0.15, -0.1) is 0 Å². The molecule has 0 unspecified atom stereocenters. The number of amides is 1. The number of aryl methyl sites for hydroxylation is 1. The molecule has 0 spiro atoms. The van der Waals surface area contributed by atoms with Crippen LogP contribution in [0, 0.1) is 6.92 Å². The minimum absolute atomic E-state index is 0.154.